The van der Waals surface area contributed by atoms with Crippen molar-refractivity contribution in [1.82, 2.24) is 35.1 Å². The van der Waals surface area contributed by atoms with Gasteiger partial charge in [-0.3, -0.25) is 4.79 Å². The van der Waals surface area contributed by atoms with Crippen LogP contribution in [-0.2, 0) is 4.79 Å². The van der Waals surface area contributed by atoms with Gasteiger partial charge >= 0.3 is 0 Å². The number of likely N-dealkylation sites (tertiary alicyclic amines) is 1. The number of thiazole rings is 1. The minimum Gasteiger partial charge on any atom is -0.496 e. The zero-order valence-electron chi connectivity index (χ0n) is 19.7. The van der Waals surface area contributed by atoms with E-state index in [9.17, 15) is 4.79 Å². The van der Waals surface area contributed by atoms with Crippen LogP contribution in [0.2, 0.25) is 0 Å². The first-order chi connectivity index (χ1) is 17.6. The smallest absolute Gasteiger partial charge is 0.246 e. The zero-order chi connectivity index (χ0) is 24.9. The molecule has 0 bridgehead atoms. The second kappa shape index (κ2) is 10.5. The molecule has 36 heavy (non-hydrogen) atoms. The van der Waals surface area contributed by atoms with E-state index in [0.717, 1.165) is 30.0 Å². The van der Waals surface area contributed by atoms with E-state index in [2.05, 4.69) is 42.6 Å². The highest BCUT2D eigenvalue weighted by atomic mass is 32.1. The number of hydrogen-bond acceptors (Lipinski definition) is 10. The Morgan fingerprint density at radius 3 is 2.89 bits per heavy atom. The van der Waals surface area contributed by atoms with Crippen molar-refractivity contribution in [2.45, 2.75) is 18.9 Å². The van der Waals surface area contributed by atoms with Gasteiger partial charge in [0, 0.05) is 31.3 Å². The summed E-state index contributed by atoms with van der Waals surface area (Å²) in [6.45, 7) is 4.92. The molecule has 0 aliphatic carbocycles. The van der Waals surface area contributed by atoms with Gasteiger partial charge in [0.15, 0.2) is 5.13 Å². The summed E-state index contributed by atoms with van der Waals surface area (Å²) < 4.78 is 5.47. The molecule has 0 radical (unpaired) electrons. The number of piperidine rings is 1. The summed E-state index contributed by atoms with van der Waals surface area (Å²) in [6, 6.07) is 13.3. The summed E-state index contributed by atoms with van der Waals surface area (Å²) in [6.07, 6.45) is 4.91. The number of aromatic nitrogens is 6. The summed E-state index contributed by atoms with van der Waals surface area (Å²) in [7, 11) is 1.61. The molecule has 0 spiro atoms. The van der Waals surface area contributed by atoms with Crippen molar-refractivity contribution in [3.8, 4) is 22.1 Å². The van der Waals surface area contributed by atoms with E-state index in [1.807, 2.05) is 36.4 Å². The van der Waals surface area contributed by atoms with Gasteiger partial charge in [-0.1, -0.05) is 36.1 Å². The molecule has 1 amide bonds. The SMILES string of the molecule is C=CC(=O)N1CCC[C@H](Nc2cc(OC)cc(Nc3ncc(-c4nnn(-c5ccccc5)n4)s3)n2)C1. The van der Waals surface area contributed by atoms with Gasteiger partial charge in [0.2, 0.25) is 11.7 Å². The number of hydrogen-bond donors (Lipinski definition) is 2. The first-order valence-electron chi connectivity index (χ1n) is 11.4. The van der Waals surface area contributed by atoms with Gasteiger partial charge in [0.05, 0.1) is 23.9 Å². The fraction of sp³-hybridized carbons (Fsp3) is 0.250. The van der Waals surface area contributed by atoms with Gasteiger partial charge in [-0.15, -0.1) is 15.0 Å². The van der Waals surface area contributed by atoms with Crippen LogP contribution in [0, 0.1) is 0 Å². The Morgan fingerprint density at radius 2 is 2.08 bits per heavy atom. The lowest BCUT2D eigenvalue weighted by Crippen LogP contribution is -2.44. The molecule has 1 aromatic carbocycles. The third-order valence-electron chi connectivity index (χ3n) is 5.66. The third-order valence-corrected chi connectivity index (χ3v) is 6.56. The molecular formula is C24H25N9O2S. The maximum absolute atomic E-state index is 12.0. The average molecular weight is 504 g/mol. The quantitative estimate of drug-likeness (QED) is 0.348. The van der Waals surface area contributed by atoms with Crippen LogP contribution in [0.4, 0.5) is 16.8 Å². The van der Waals surface area contributed by atoms with E-state index in [1.165, 1.54) is 22.2 Å². The fourth-order valence-electron chi connectivity index (χ4n) is 3.92. The number of para-hydroxylation sites is 1. The first-order valence-corrected chi connectivity index (χ1v) is 12.3. The molecule has 3 aromatic heterocycles. The van der Waals surface area contributed by atoms with Crippen LogP contribution < -0.4 is 15.4 Å². The number of carbonyl (C=O) groups is 1. The Hall–Kier alpha value is -4.32. The molecule has 1 aliphatic rings. The van der Waals surface area contributed by atoms with E-state index in [0.29, 0.717) is 34.9 Å². The third kappa shape index (κ3) is 5.33. The molecule has 0 saturated carbocycles. The number of nitrogens with one attached hydrogen (secondary N) is 2. The second-order valence-electron chi connectivity index (χ2n) is 8.14. The Morgan fingerprint density at radius 1 is 1.25 bits per heavy atom. The number of nitrogens with zero attached hydrogens (tertiary/aromatic N) is 7. The Balaban J connectivity index is 1.29. The van der Waals surface area contributed by atoms with Crippen molar-refractivity contribution in [1.29, 1.82) is 0 Å². The summed E-state index contributed by atoms with van der Waals surface area (Å²) in [5.74, 6) is 2.31. The van der Waals surface area contributed by atoms with Gasteiger partial charge in [-0.25, -0.2) is 9.97 Å². The van der Waals surface area contributed by atoms with Gasteiger partial charge in [0.1, 0.15) is 17.4 Å². The van der Waals surface area contributed by atoms with E-state index in [1.54, 1.807) is 24.3 Å². The maximum atomic E-state index is 12.0. The van der Waals surface area contributed by atoms with Crippen molar-refractivity contribution in [3.63, 3.8) is 0 Å². The molecule has 4 heterocycles. The van der Waals surface area contributed by atoms with Crippen molar-refractivity contribution >= 4 is 34.0 Å². The van der Waals surface area contributed by atoms with Crippen LogP contribution in [-0.4, -0.2) is 67.2 Å². The highest BCUT2D eigenvalue weighted by Gasteiger charge is 2.23. The second-order valence-corrected chi connectivity index (χ2v) is 9.17. The van der Waals surface area contributed by atoms with E-state index in [-0.39, 0.29) is 11.9 Å². The number of amides is 1. The monoisotopic (exact) mass is 503 g/mol. The number of benzene rings is 1. The van der Waals surface area contributed by atoms with Crippen molar-refractivity contribution < 1.29 is 9.53 Å². The van der Waals surface area contributed by atoms with E-state index < -0.39 is 0 Å². The number of ether oxygens (including phenoxy) is 1. The molecule has 1 atom stereocenters. The average Bonchev–Trinajstić information content (AvgIpc) is 3.59. The number of carbonyl (C=O) groups excluding carboxylic acids is 1. The summed E-state index contributed by atoms with van der Waals surface area (Å²) in [5.41, 5.74) is 0.828. The number of pyridine rings is 1. The summed E-state index contributed by atoms with van der Waals surface area (Å²) in [5, 5.41) is 20.1. The number of anilines is 3. The van der Waals surface area contributed by atoms with Crippen molar-refractivity contribution in [3.05, 3.63) is 61.3 Å². The molecule has 184 valence electrons. The van der Waals surface area contributed by atoms with Crippen LogP contribution in [0.25, 0.3) is 16.4 Å². The molecule has 1 aliphatic heterocycles. The van der Waals surface area contributed by atoms with Gasteiger partial charge in [-0.2, -0.15) is 0 Å². The lowest BCUT2D eigenvalue weighted by Gasteiger charge is -2.32. The van der Waals surface area contributed by atoms with Crippen LogP contribution in [0.1, 0.15) is 12.8 Å². The molecule has 11 nitrogen and oxygen atoms in total. The largest absolute Gasteiger partial charge is 0.496 e. The predicted molar refractivity (Wildman–Crippen MR) is 138 cm³/mol. The first kappa shape index (κ1) is 23.4. The molecule has 1 saturated heterocycles. The summed E-state index contributed by atoms with van der Waals surface area (Å²) in [4.78, 5) is 25.2. The maximum Gasteiger partial charge on any atom is 0.246 e. The molecule has 4 aromatic rings. The van der Waals surface area contributed by atoms with Crippen LogP contribution in [0.3, 0.4) is 0 Å². The normalized spacial score (nSPS) is 15.4. The Labute approximate surface area is 211 Å². The van der Waals surface area contributed by atoms with Gasteiger partial charge < -0.3 is 20.3 Å². The minimum absolute atomic E-state index is 0.0553. The topological polar surface area (TPSA) is 123 Å². The lowest BCUT2D eigenvalue weighted by molar-refractivity contribution is -0.127. The molecule has 12 heteroatoms. The zero-order valence-corrected chi connectivity index (χ0v) is 20.5. The number of tetrazole rings is 1. The molecule has 5 rings (SSSR count). The molecular weight excluding hydrogens is 478 g/mol. The van der Waals surface area contributed by atoms with Gasteiger partial charge in [0.25, 0.3) is 0 Å². The molecule has 1 fully saturated rings. The van der Waals surface area contributed by atoms with Crippen LogP contribution in [0.15, 0.2) is 61.3 Å². The van der Waals surface area contributed by atoms with Crippen molar-refractivity contribution in [2.24, 2.45) is 0 Å². The van der Waals surface area contributed by atoms with E-state index in [4.69, 9.17) is 4.74 Å². The summed E-state index contributed by atoms with van der Waals surface area (Å²) >= 11 is 1.39. The highest BCUT2D eigenvalue weighted by Crippen LogP contribution is 2.30. The molecule has 0 unspecified atom stereocenters. The number of methoxy groups -OCH3 is 1. The van der Waals surface area contributed by atoms with Crippen molar-refractivity contribution in [2.75, 3.05) is 30.8 Å². The molecule has 2 N–H and O–H groups in total. The van der Waals surface area contributed by atoms with Crippen LogP contribution >= 0.6 is 11.3 Å². The van der Waals surface area contributed by atoms with Crippen LogP contribution in [0.5, 0.6) is 5.75 Å². The highest BCUT2D eigenvalue weighted by molar-refractivity contribution is 7.18. The minimum atomic E-state index is -0.0553. The lowest BCUT2D eigenvalue weighted by atomic mass is 10.1. The van der Waals surface area contributed by atoms with Gasteiger partial charge in [-0.05, 0) is 36.3 Å². The predicted octanol–water partition coefficient (Wildman–Crippen LogP) is 3.52. The number of rotatable bonds is 8. The Kier molecular flexibility index (Phi) is 6.85. The van der Waals surface area contributed by atoms with E-state index >= 15 is 0 Å². The standard InChI is InChI=1S/C24H25N9O2S/c1-3-22(34)32-11-7-8-16(15-32)26-20-12-18(35-2)13-21(27-20)28-24-25-14-19(36-24)23-29-31-33(30-23)17-9-5-4-6-10-17/h3-6,9-10,12-14,16H,1,7-8,11,15H2,2H3,(H2,25,26,27,28)/t16-/m0/s1. The fourth-order valence-corrected chi connectivity index (χ4v) is 4.67. The Bertz CT molecular complexity index is 1350.